The second kappa shape index (κ2) is 7.67. The molecule has 4 rings (SSSR count). The molecule has 1 unspecified atom stereocenters. The van der Waals surface area contributed by atoms with Gasteiger partial charge in [-0.1, -0.05) is 12.1 Å². The predicted octanol–water partition coefficient (Wildman–Crippen LogP) is 3.15. The summed E-state index contributed by atoms with van der Waals surface area (Å²) in [6.07, 6.45) is 1.56. The molecule has 0 radical (unpaired) electrons. The van der Waals surface area contributed by atoms with Crippen LogP contribution < -0.4 is 10.6 Å². The minimum atomic E-state index is -1.01. The molecule has 2 aromatic carbocycles. The van der Waals surface area contributed by atoms with Gasteiger partial charge in [0.15, 0.2) is 5.82 Å². The summed E-state index contributed by atoms with van der Waals surface area (Å²) in [5.74, 6) is -0.999. The molecule has 0 fully saturated rings. The normalized spacial score (nSPS) is 13.7. The Bertz CT molecular complexity index is 1110. The number of aromatic nitrogens is 1. The molecule has 150 valence electrons. The highest BCUT2D eigenvalue weighted by Gasteiger charge is 2.40. The van der Waals surface area contributed by atoms with Gasteiger partial charge in [-0.2, -0.15) is 0 Å². The molecule has 1 aromatic heterocycles. The number of phenolic OH excluding ortho intramolecular Hbond substituents is 1. The molecule has 0 saturated heterocycles. The van der Waals surface area contributed by atoms with E-state index in [1.807, 2.05) is 0 Å². The standard InChI is InChI=1S/C22H18N4O4/c1-13(26-21(29)16-5-2-3-6-17(16)22(26)30)20(28)25-18-7-4-12-23-19(18)24-14-8-10-15(27)11-9-14/h2-13,27H,1H3,(H,23,24)(H,25,28). The Kier molecular flexibility index (Phi) is 4.89. The largest absolute Gasteiger partial charge is 0.508 e. The monoisotopic (exact) mass is 402 g/mol. The second-order valence-electron chi connectivity index (χ2n) is 6.76. The fourth-order valence-corrected chi connectivity index (χ4v) is 3.20. The average Bonchev–Trinajstić information content (AvgIpc) is 3.01. The Hall–Kier alpha value is -4.20. The van der Waals surface area contributed by atoms with E-state index in [9.17, 15) is 19.5 Å². The third kappa shape index (κ3) is 3.46. The van der Waals surface area contributed by atoms with E-state index in [-0.39, 0.29) is 5.75 Å². The number of anilines is 3. The van der Waals surface area contributed by atoms with Crippen LogP contribution in [0.25, 0.3) is 0 Å². The molecule has 2 heterocycles. The molecule has 0 saturated carbocycles. The summed E-state index contributed by atoms with van der Waals surface area (Å²) in [5.41, 5.74) is 1.63. The van der Waals surface area contributed by atoms with Crippen LogP contribution >= 0.6 is 0 Å². The van der Waals surface area contributed by atoms with Crippen molar-refractivity contribution in [3.05, 3.63) is 78.0 Å². The molecule has 0 spiro atoms. The van der Waals surface area contributed by atoms with Crippen LogP contribution in [0.1, 0.15) is 27.6 Å². The molecule has 3 aromatic rings. The molecule has 1 aliphatic rings. The van der Waals surface area contributed by atoms with Crippen LogP contribution in [0.2, 0.25) is 0 Å². The van der Waals surface area contributed by atoms with Crippen molar-refractivity contribution < 1.29 is 19.5 Å². The van der Waals surface area contributed by atoms with Gasteiger partial charge >= 0.3 is 0 Å². The second-order valence-corrected chi connectivity index (χ2v) is 6.76. The summed E-state index contributed by atoms with van der Waals surface area (Å²) in [4.78, 5) is 43.3. The SMILES string of the molecule is CC(C(=O)Nc1cccnc1Nc1ccc(O)cc1)N1C(=O)c2ccccc2C1=O. The summed E-state index contributed by atoms with van der Waals surface area (Å²) in [7, 11) is 0. The topological polar surface area (TPSA) is 112 Å². The number of carbonyl (C=O) groups is 3. The zero-order chi connectivity index (χ0) is 21.3. The molecule has 0 aliphatic carbocycles. The Morgan fingerprint density at radius 3 is 2.23 bits per heavy atom. The van der Waals surface area contributed by atoms with Crippen LogP contribution in [0.15, 0.2) is 66.9 Å². The van der Waals surface area contributed by atoms with Gasteiger partial charge in [-0.25, -0.2) is 4.98 Å². The number of benzene rings is 2. The minimum absolute atomic E-state index is 0.130. The Morgan fingerprint density at radius 2 is 1.60 bits per heavy atom. The van der Waals surface area contributed by atoms with Crippen LogP contribution in [0.5, 0.6) is 5.75 Å². The van der Waals surface area contributed by atoms with Crippen LogP contribution in [0.4, 0.5) is 17.2 Å². The quantitative estimate of drug-likeness (QED) is 0.447. The lowest BCUT2D eigenvalue weighted by atomic mass is 10.1. The van der Waals surface area contributed by atoms with Crippen LogP contribution in [-0.4, -0.2) is 38.8 Å². The number of pyridine rings is 1. The minimum Gasteiger partial charge on any atom is -0.508 e. The zero-order valence-corrected chi connectivity index (χ0v) is 16.0. The highest BCUT2D eigenvalue weighted by Crippen LogP contribution is 2.27. The van der Waals surface area contributed by atoms with Crippen molar-refractivity contribution in [2.24, 2.45) is 0 Å². The predicted molar refractivity (Wildman–Crippen MR) is 111 cm³/mol. The molecule has 3 amide bonds. The van der Waals surface area contributed by atoms with E-state index in [1.165, 1.54) is 19.1 Å². The number of fused-ring (bicyclic) bond motifs is 1. The number of nitrogens with zero attached hydrogens (tertiary/aromatic N) is 2. The number of aromatic hydroxyl groups is 1. The van der Waals surface area contributed by atoms with E-state index in [2.05, 4.69) is 15.6 Å². The van der Waals surface area contributed by atoms with Gasteiger partial charge in [-0.05, 0) is 55.5 Å². The molecule has 1 aliphatic heterocycles. The van der Waals surface area contributed by atoms with Crippen molar-refractivity contribution >= 4 is 34.9 Å². The average molecular weight is 402 g/mol. The number of amides is 3. The van der Waals surface area contributed by atoms with E-state index in [0.29, 0.717) is 28.3 Å². The van der Waals surface area contributed by atoms with Crippen molar-refractivity contribution in [3.8, 4) is 5.75 Å². The smallest absolute Gasteiger partial charge is 0.262 e. The van der Waals surface area contributed by atoms with Gasteiger partial charge in [0.2, 0.25) is 5.91 Å². The summed E-state index contributed by atoms with van der Waals surface area (Å²) < 4.78 is 0. The van der Waals surface area contributed by atoms with E-state index in [0.717, 1.165) is 4.90 Å². The Morgan fingerprint density at radius 1 is 0.967 bits per heavy atom. The lowest BCUT2D eigenvalue weighted by molar-refractivity contribution is -0.119. The van der Waals surface area contributed by atoms with Crippen molar-refractivity contribution in [1.82, 2.24) is 9.88 Å². The molecule has 30 heavy (non-hydrogen) atoms. The summed E-state index contributed by atoms with van der Waals surface area (Å²) in [6, 6.07) is 15.2. The third-order valence-electron chi connectivity index (χ3n) is 4.79. The van der Waals surface area contributed by atoms with E-state index < -0.39 is 23.8 Å². The van der Waals surface area contributed by atoms with Crippen molar-refractivity contribution in [2.75, 3.05) is 10.6 Å². The molecular formula is C22H18N4O4. The van der Waals surface area contributed by atoms with Crippen molar-refractivity contribution in [3.63, 3.8) is 0 Å². The van der Waals surface area contributed by atoms with E-state index >= 15 is 0 Å². The number of imide groups is 1. The maximum absolute atomic E-state index is 12.8. The highest BCUT2D eigenvalue weighted by atomic mass is 16.3. The molecular weight excluding hydrogens is 384 g/mol. The lowest BCUT2D eigenvalue weighted by Crippen LogP contribution is -2.45. The Balaban J connectivity index is 1.53. The summed E-state index contributed by atoms with van der Waals surface area (Å²) in [5, 5.41) is 15.2. The van der Waals surface area contributed by atoms with Gasteiger partial charge in [0.05, 0.1) is 16.8 Å². The van der Waals surface area contributed by atoms with Crippen molar-refractivity contribution in [2.45, 2.75) is 13.0 Å². The number of rotatable bonds is 5. The molecule has 8 nitrogen and oxygen atoms in total. The maximum Gasteiger partial charge on any atom is 0.262 e. The first-order valence-corrected chi connectivity index (χ1v) is 9.24. The first-order valence-electron chi connectivity index (χ1n) is 9.24. The maximum atomic E-state index is 12.8. The fourth-order valence-electron chi connectivity index (χ4n) is 3.20. The lowest BCUT2D eigenvalue weighted by Gasteiger charge is -2.22. The van der Waals surface area contributed by atoms with Crippen LogP contribution in [0.3, 0.4) is 0 Å². The first-order chi connectivity index (χ1) is 14.5. The van der Waals surface area contributed by atoms with Gasteiger partial charge in [0, 0.05) is 11.9 Å². The van der Waals surface area contributed by atoms with Crippen molar-refractivity contribution in [1.29, 1.82) is 0 Å². The van der Waals surface area contributed by atoms with Gasteiger partial charge < -0.3 is 15.7 Å². The number of nitrogens with one attached hydrogen (secondary N) is 2. The summed E-state index contributed by atoms with van der Waals surface area (Å²) in [6.45, 7) is 1.50. The van der Waals surface area contributed by atoms with Crippen LogP contribution in [-0.2, 0) is 4.79 Å². The van der Waals surface area contributed by atoms with Gasteiger partial charge in [0.25, 0.3) is 11.8 Å². The first kappa shape index (κ1) is 19.1. The van der Waals surface area contributed by atoms with Gasteiger partial charge in [0.1, 0.15) is 11.8 Å². The summed E-state index contributed by atoms with van der Waals surface area (Å²) >= 11 is 0. The van der Waals surface area contributed by atoms with Gasteiger partial charge in [-0.15, -0.1) is 0 Å². The number of hydrogen-bond donors (Lipinski definition) is 3. The van der Waals surface area contributed by atoms with Gasteiger partial charge in [-0.3, -0.25) is 19.3 Å². The number of carbonyl (C=O) groups excluding carboxylic acids is 3. The molecule has 0 bridgehead atoms. The zero-order valence-electron chi connectivity index (χ0n) is 16.0. The van der Waals surface area contributed by atoms with E-state index in [4.69, 9.17) is 0 Å². The highest BCUT2D eigenvalue weighted by molar-refractivity contribution is 6.23. The molecule has 3 N–H and O–H groups in total. The number of hydrogen-bond acceptors (Lipinski definition) is 6. The van der Waals surface area contributed by atoms with Crippen LogP contribution in [0, 0.1) is 0 Å². The molecule has 8 heteroatoms. The Labute approximate surface area is 172 Å². The fraction of sp³-hybridized carbons (Fsp3) is 0.0909. The van der Waals surface area contributed by atoms with E-state index in [1.54, 1.807) is 54.7 Å². The molecule has 1 atom stereocenters. The number of phenols is 1. The third-order valence-corrected chi connectivity index (χ3v) is 4.79.